The summed E-state index contributed by atoms with van der Waals surface area (Å²) in [5.41, 5.74) is 0.440. The maximum Gasteiger partial charge on any atom is 0.422 e. The Morgan fingerprint density at radius 2 is 2.13 bits per heavy atom. The lowest BCUT2D eigenvalue weighted by Crippen LogP contribution is -2.19. The Labute approximate surface area is 82.3 Å². The third-order valence-electron chi connectivity index (χ3n) is 1.59. The third kappa shape index (κ3) is 2.36. The van der Waals surface area contributed by atoms with Crippen LogP contribution in [0.4, 0.5) is 13.2 Å². The first-order chi connectivity index (χ1) is 7.04. The highest BCUT2D eigenvalue weighted by atomic mass is 19.4. The molecule has 4 nitrogen and oxygen atoms in total. The molecule has 0 unspecified atom stereocenters. The van der Waals surface area contributed by atoms with Crippen LogP contribution in [0.3, 0.4) is 0 Å². The number of hydrogen-bond donors (Lipinski definition) is 0. The number of aromatic nitrogens is 3. The molecule has 0 aliphatic carbocycles. The van der Waals surface area contributed by atoms with Crippen LogP contribution in [-0.4, -0.2) is 27.4 Å². The first kappa shape index (κ1) is 9.75. The van der Waals surface area contributed by atoms with E-state index in [0.717, 1.165) is 0 Å². The van der Waals surface area contributed by atoms with Crippen LogP contribution < -0.4 is 4.74 Å². The van der Waals surface area contributed by atoms with E-state index in [4.69, 9.17) is 0 Å². The second kappa shape index (κ2) is 3.41. The Bertz CT molecular complexity index is 432. The average molecular weight is 217 g/mol. The predicted octanol–water partition coefficient (Wildman–Crippen LogP) is 1.67. The van der Waals surface area contributed by atoms with Crippen LogP contribution in [0, 0.1) is 0 Å². The lowest BCUT2D eigenvalue weighted by Gasteiger charge is -2.04. The molecule has 0 spiro atoms. The molecule has 80 valence electrons. The predicted molar refractivity (Wildman–Crippen MR) is 44.5 cm³/mol. The lowest BCUT2D eigenvalue weighted by molar-refractivity contribution is -0.154. The van der Waals surface area contributed by atoms with Crippen LogP contribution in [0.2, 0.25) is 0 Å². The number of nitrogens with zero attached hydrogens (tertiary/aromatic N) is 3. The van der Waals surface area contributed by atoms with Gasteiger partial charge in [0.05, 0.1) is 0 Å². The zero-order valence-corrected chi connectivity index (χ0v) is 7.40. The fraction of sp³-hybridized carbons (Fsp3) is 0.250. The number of pyridine rings is 1. The lowest BCUT2D eigenvalue weighted by atomic mass is 10.5. The van der Waals surface area contributed by atoms with E-state index in [0.29, 0.717) is 5.65 Å². The van der Waals surface area contributed by atoms with Gasteiger partial charge in [-0.25, -0.2) is 4.52 Å². The summed E-state index contributed by atoms with van der Waals surface area (Å²) in [7, 11) is 0. The molecule has 0 saturated carbocycles. The molecule has 15 heavy (non-hydrogen) atoms. The molecule has 0 bridgehead atoms. The Morgan fingerprint density at radius 3 is 2.80 bits per heavy atom. The summed E-state index contributed by atoms with van der Waals surface area (Å²) < 4.78 is 41.2. The first-order valence-corrected chi connectivity index (χ1v) is 4.05. The summed E-state index contributed by atoms with van der Waals surface area (Å²) in [6, 6.07) is 4.73. The number of hydrogen-bond acceptors (Lipinski definition) is 3. The van der Waals surface area contributed by atoms with Crippen molar-refractivity contribution in [3.8, 4) is 6.01 Å². The molecular weight excluding hydrogens is 211 g/mol. The fourth-order valence-corrected chi connectivity index (χ4v) is 1.02. The van der Waals surface area contributed by atoms with E-state index in [2.05, 4.69) is 14.8 Å². The first-order valence-electron chi connectivity index (χ1n) is 4.05. The van der Waals surface area contributed by atoms with Gasteiger partial charge in [-0.3, -0.25) is 0 Å². The second-order valence-corrected chi connectivity index (χ2v) is 2.80. The minimum absolute atomic E-state index is 0.279. The van der Waals surface area contributed by atoms with Gasteiger partial charge >= 0.3 is 12.2 Å². The molecule has 2 rings (SSSR count). The minimum Gasteiger partial charge on any atom is -0.453 e. The summed E-state index contributed by atoms with van der Waals surface area (Å²) in [4.78, 5) is 3.75. The SMILES string of the molecule is FC(F)(F)COc1nc2ccccn2n1. The topological polar surface area (TPSA) is 39.4 Å². The molecule has 0 aromatic carbocycles. The zero-order valence-electron chi connectivity index (χ0n) is 7.40. The van der Waals surface area contributed by atoms with Crippen LogP contribution in [0.25, 0.3) is 5.65 Å². The minimum atomic E-state index is -4.38. The number of ether oxygens (including phenoxy) is 1. The summed E-state index contributed by atoms with van der Waals surface area (Å²) in [6.45, 7) is -1.39. The van der Waals surface area contributed by atoms with Crippen LogP contribution in [0.1, 0.15) is 0 Å². The summed E-state index contributed by atoms with van der Waals surface area (Å²) >= 11 is 0. The van der Waals surface area contributed by atoms with E-state index in [1.807, 2.05) is 0 Å². The highest BCUT2D eigenvalue weighted by Gasteiger charge is 2.29. The van der Waals surface area contributed by atoms with Gasteiger partial charge in [0.25, 0.3) is 0 Å². The summed E-state index contributed by atoms with van der Waals surface area (Å²) in [6.07, 6.45) is -2.81. The average Bonchev–Trinajstić information content (AvgIpc) is 2.56. The summed E-state index contributed by atoms with van der Waals surface area (Å²) in [5, 5.41) is 3.70. The van der Waals surface area contributed by atoms with E-state index >= 15 is 0 Å². The Hall–Kier alpha value is -1.79. The normalized spacial score (nSPS) is 11.9. The van der Waals surface area contributed by atoms with E-state index in [-0.39, 0.29) is 6.01 Å². The van der Waals surface area contributed by atoms with E-state index in [1.165, 1.54) is 4.52 Å². The Morgan fingerprint density at radius 1 is 1.33 bits per heavy atom. The van der Waals surface area contributed by atoms with Crippen molar-refractivity contribution in [3.05, 3.63) is 24.4 Å². The summed E-state index contributed by atoms with van der Waals surface area (Å²) in [5.74, 6) is 0. The molecule has 0 aliphatic heterocycles. The molecule has 7 heteroatoms. The van der Waals surface area contributed by atoms with Crippen molar-refractivity contribution in [1.29, 1.82) is 0 Å². The van der Waals surface area contributed by atoms with Gasteiger partial charge in [0.15, 0.2) is 12.3 Å². The van der Waals surface area contributed by atoms with Crippen molar-refractivity contribution in [3.63, 3.8) is 0 Å². The van der Waals surface area contributed by atoms with Crippen molar-refractivity contribution in [2.75, 3.05) is 6.61 Å². The molecule has 2 aromatic rings. The van der Waals surface area contributed by atoms with Crippen molar-refractivity contribution >= 4 is 5.65 Å². The molecule has 0 fully saturated rings. The molecule has 2 aromatic heterocycles. The molecule has 0 N–H and O–H groups in total. The number of halogens is 3. The number of rotatable bonds is 2. The van der Waals surface area contributed by atoms with E-state index in [9.17, 15) is 13.2 Å². The molecule has 2 heterocycles. The maximum absolute atomic E-state index is 11.8. The zero-order chi connectivity index (χ0) is 10.9. The van der Waals surface area contributed by atoms with E-state index in [1.54, 1.807) is 24.4 Å². The maximum atomic E-state index is 11.8. The third-order valence-corrected chi connectivity index (χ3v) is 1.59. The standard InChI is InChI=1S/C8H6F3N3O/c9-8(10,11)5-15-7-12-6-3-1-2-4-14(6)13-7/h1-4H,5H2. The van der Waals surface area contributed by atoms with Crippen LogP contribution in [0.5, 0.6) is 6.01 Å². The number of alkyl halides is 3. The van der Waals surface area contributed by atoms with Crippen LogP contribution >= 0.6 is 0 Å². The molecule has 0 amide bonds. The van der Waals surface area contributed by atoms with Crippen molar-refractivity contribution in [2.45, 2.75) is 6.18 Å². The fourth-order valence-electron chi connectivity index (χ4n) is 1.02. The highest BCUT2D eigenvalue weighted by molar-refractivity contribution is 5.37. The van der Waals surface area contributed by atoms with Gasteiger partial charge in [-0.1, -0.05) is 6.07 Å². The van der Waals surface area contributed by atoms with Gasteiger partial charge in [-0.2, -0.15) is 18.2 Å². The van der Waals surface area contributed by atoms with Crippen LogP contribution in [-0.2, 0) is 0 Å². The Balaban J connectivity index is 2.16. The smallest absolute Gasteiger partial charge is 0.422 e. The molecule has 0 aliphatic rings. The van der Waals surface area contributed by atoms with Gasteiger partial charge < -0.3 is 4.74 Å². The largest absolute Gasteiger partial charge is 0.453 e. The highest BCUT2D eigenvalue weighted by Crippen LogP contribution is 2.16. The van der Waals surface area contributed by atoms with Gasteiger partial charge in [0.1, 0.15) is 0 Å². The van der Waals surface area contributed by atoms with E-state index < -0.39 is 12.8 Å². The quantitative estimate of drug-likeness (QED) is 0.768. The van der Waals surface area contributed by atoms with Crippen molar-refractivity contribution in [2.24, 2.45) is 0 Å². The Kier molecular flexibility index (Phi) is 2.22. The molecule has 0 radical (unpaired) electrons. The number of fused-ring (bicyclic) bond motifs is 1. The van der Waals surface area contributed by atoms with Gasteiger partial charge in [-0.15, -0.1) is 5.10 Å². The van der Waals surface area contributed by atoms with Gasteiger partial charge in [0, 0.05) is 6.20 Å². The second-order valence-electron chi connectivity index (χ2n) is 2.80. The molecular formula is C8H6F3N3O. The van der Waals surface area contributed by atoms with Crippen LogP contribution in [0.15, 0.2) is 24.4 Å². The van der Waals surface area contributed by atoms with Gasteiger partial charge in [0.2, 0.25) is 0 Å². The van der Waals surface area contributed by atoms with Gasteiger partial charge in [-0.05, 0) is 12.1 Å². The molecule has 0 atom stereocenters. The van der Waals surface area contributed by atoms with Crippen molar-refractivity contribution in [1.82, 2.24) is 14.6 Å². The monoisotopic (exact) mass is 217 g/mol. The molecule has 0 saturated heterocycles. The van der Waals surface area contributed by atoms with Crippen molar-refractivity contribution < 1.29 is 17.9 Å².